The van der Waals surface area contributed by atoms with Crippen molar-refractivity contribution in [2.75, 3.05) is 25.9 Å². The van der Waals surface area contributed by atoms with Gasteiger partial charge in [0.25, 0.3) is 0 Å². The largest absolute Gasteiger partial charge is 0.444 e. The van der Waals surface area contributed by atoms with E-state index in [9.17, 15) is 8.42 Å². The van der Waals surface area contributed by atoms with Crippen molar-refractivity contribution in [2.45, 2.75) is 33.7 Å². The van der Waals surface area contributed by atoms with E-state index in [0.717, 1.165) is 24.3 Å². The summed E-state index contributed by atoms with van der Waals surface area (Å²) in [5, 5.41) is 6.25. The lowest BCUT2D eigenvalue weighted by Crippen LogP contribution is -2.38. The Morgan fingerprint density at radius 3 is 2.55 bits per heavy atom. The zero-order valence-electron chi connectivity index (χ0n) is 13.6. The summed E-state index contributed by atoms with van der Waals surface area (Å²) in [6, 6.07) is 0. The maximum atomic E-state index is 10.9. The Labute approximate surface area is 131 Å². The van der Waals surface area contributed by atoms with E-state index < -0.39 is 10.0 Å². The maximum absolute atomic E-state index is 10.9. The van der Waals surface area contributed by atoms with E-state index in [1.54, 1.807) is 0 Å². The van der Waals surface area contributed by atoms with E-state index >= 15 is 0 Å². The molecule has 0 aromatic carbocycles. The van der Waals surface area contributed by atoms with Crippen LogP contribution in [0, 0.1) is 13.8 Å². The van der Waals surface area contributed by atoms with Gasteiger partial charge in [-0.05, 0) is 27.2 Å². The van der Waals surface area contributed by atoms with E-state index in [1.165, 1.54) is 0 Å². The fourth-order valence-electron chi connectivity index (χ4n) is 1.65. The van der Waals surface area contributed by atoms with Gasteiger partial charge < -0.3 is 15.1 Å². The van der Waals surface area contributed by atoms with Crippen LogP contribution in [0.25, 0.3) is 0 Å². The van der Waals surface area contributed by atoms with Gasteiger partial charge in [0.2, 0.25) is 15.9 Å². The Morgan fingerprint density at radius 1 is 1.27 bits per heavy atom. The Hall–Kier alpha value is -1.61. The summed E-state index contributed by atoms with van der Waals surface area (Å²) in [7, 11) is -3.13. The highest BCUT2D eigenvalue weighted by Gasteiger charge is 2.05. The number of nitrogens with zero attached hydrogens (tertiary/aromatic N) is 2. The van der Waals surface area contributed by atoms with Crippen LogP contribution in [0.2, 0.25) is 0 Å². The molecule has 9 heteroatoms. The molecule has 0 aliphatic carbocycles. The molecule has 1 rings (SSSR count). The van der Waals surface area contributed by atoms with Crippen LogP contribution in [0.5, 0.6) is 0 Å². The van der Waals surface area contributed by atoms with Gasteiger partial charge in [-0.25, -0.2) is 23.1 Å². The highest BCUT2D eigenvalue weighted by atomic mass is 32.2. The Balaban J connectivity index is 2.42. The number of aryl methyl sites for hydroxylation is 2. The highest BCUT2D eigenvalue weighted by Crippen LogP contribution is 2.08. The molecule has 0 fully saturated rings. The number of guanidine groups is 1. The van der Waals surface area contributed by atoms with Gasteiger partial charge in [0.15, 0.2) is 5.96 Å². The summed E-state index contributed by atoms with van der Waals surface area (Å²) in [6.07, 6.45) is 1.81. The second kappa shape index (κ2) is 8.74. The van der Waals surface area contributed by atoms with Crippen molar-refractivity contribution in [3.05, 3.63) is 17.3 Å². The number of rotatable bonds is 8. The van der Waals surface area contributed by atoms with Crippen molar-refractivity contribution < 1.29 is 12.8 Å². The third-order valence-corrected chi connectivity index (χ3v) is 3.53. The molecular weight excluding hydrogens is 306 g/mol. The molecule has 1 aromatic heterocycles. The summed E-state index contributed by atoms with van der Waals surface area (Å²) < 4.78 is 29.8. The minimum Gasteiger partial charge on any atom is -0.444 e. The van der Waals surface area contributed by atoms with Crippen LogP contribution in [-0.2, 0) is 16.6 Å². The van der Waals surface area contributed by atoms with Crippen LogP contribution in [0.15, 0.2) is 9.41 Å². The molecule has 1 heterocycles. The predicted octanol–water partition coefficient (Wildman–Crippen LogP) is 0.286. The fraction of sp³-hybridized carbons (Fsp3) is 0.692. The third-order valence-electron chi connectivity index (χ3n) is 2.80. The van der Waals surface area contributed by atoms with E-state index in [1.807, 2.05) is 20.8 Å². The summed E-state index contributed by atoms with van der Waals surface area (Å²) in [5.41, 5.74) is 0.870. The van der Waals surface area contributed by atoms with Crippen molar-refractivity contribution in [3.8, 4) is 0 Å². The quantitative estimate of drug-likeness (QED) is 0.359. The van der Waals surface area contributed by atoms with Crippen molar-refractivity contribution in [1.82, 2.24) is 20.3 Å². The van der Waals surface area contributed by atoms with Crippen molar-refractivity contribution in [2.24, 2.45) is 4.99 Å². The van der Waals surface area contributed by atoms with Gasteiger partial charge in [-0.1, -0.05) is 0 Å². The molecule has 0 unspecified atom stereocenters. The number of sulfonamides is 1. The average Bonchev–Trinajstić information content (AvgIpc) is 2.73. The topological polar surface area (TPSA) is 109 Å². The second-order valence-corrected chi connectivity index (χ2v) is 6.72. The average molecular weight is 331 g/mol. The first kappa shape index (κ1) is 18.4. The molecule has 0 bridgehead atoms. The van der Waals surface area contributed by atoms with Crippen molar-refractivity contribution >= 4 is 16.0 Å². The van der Waals surface area contributed by atoms with Crippen molar-refractivity contribution in [3.63, 3.8) is 0 Å². The molecule has 0 radical (unpaired) electrons. The lowest BCUT2D eigenvalue weighted by Gasteiger charge is -2.10. The van der Waals surface area contributed by atoms with Gasteiger partial charge in [-0.15, -0.1) is 0 Å². The van der Waals surface area contributed by atoms with Gasteiger partial charge in [-0.2, -0.15) is 0 Å². The molecule has 0 aliphatic heterocycles. The molecule has 3 N–H and O–H groups in total. The minimum absolute atomic E-state index is 0.353. The van der Waals surface area contributed by atoms with Crippen LogP contribution < -0.4 is 15.4 Å². The zero-order valence-corrected chi connectivity index (χ0v) is 14.4. The van der Waals surface area contributed by atoms with Gasteiger partial charge >= 0.3 is 0 Å². The second-order valence-electron chi connectivity index (χ2n) is 4.89. The van der Waals surface area contributed by atoms with E-state index in [-0.39, 0.29) is 0 Å². The number of aliphatic imine (C=N–C) groups is 1. The van der Waals surface area contributed by atoms with Crippen LogP contribution in [0.3, 0.4) is 0 Å². The number of aromatic nitrogens is 1. The third kappa shape index (κ3) is 7.41. The van der Waals surface area contributed by atoms with Crippen molar-refractivity contribution in [1.29, 1.82) is 0 Å². The van der Waals surface area contributed by atoms with E-state index in [0.29, 0.717) is 37.9 Å². The molecule has 0 aliphatic rings. The Bertz CT molecular complexity index is 575. The number of oxazole rings is 1. The first-order chi connectivity index (χ1) is 10.3. The molecule has 0 spiro atoms. The summed E-state index contributed by atoms with van der Waals surface area (Å²) in [6.45, 7) is 7.82. The molecule has 0 amide bonds. The zero-order chi connectivity index (χ0) is 16.6. The van der Waals surface area contributed by atoms with Gasteiger partial charge in [0.05, 0.1) is 11.9 Å². The number of hydrogen-bond donors (Lipinski definition) is 3. The summed E-state index contributed by atoms with van der Waals surface area (Å²) in [5.74, 6) is 2.02. The van der Waals surface area contributed by atoms with E-state index in [2.05, 4.69) is 25.3 Å². The molecule has 0 atom stereocenters. The molecule has 8 nitrogen and oxygen atoms in total. The minimum atomic E-state index is -3.13. The fourth-order valence-corrected chi connectivity index (χ4v) is 2.16. The van der Waals surface area contributed by atoms with Crippen LogP contribution in [0.4, 0.5) is 0 Å². The monoisotopic (exact) mass is 331 g/mol. The SMILES string of the molecule is CCNC(=NCc1nc(C)c(C)o1)NCCCNS(C)(=O)=O. The summed E-state index contributed by atoms with van der Waals surface area (Å²) in [4.78, 5) is 8.66. The lowest BCUT2D eigenvalue weighted by molar-refractivity contribution is 0.472. The first-order valence-electron chi connectivity index (χ1n) is 7.21. The normalized spacial score (nSPS) is 12.5. The van der Waals surface area contributed by atoms with Gasteiger partial charge in [-0.3, -0.25) is 0 Å². The predicted molar refractivity (Wildman–Crippen MR) is 86.3 cm³/mol. The molecule has 0 saturated carbocycles. The number of hydrogen-bond acceptors (Lipinski definition) is 5. The summed E-state index contributed by atoms with van der Waals surface area (Å²) >= 11 is 0. The molecule has 1 aromatic rings. The Morgan fingerprint density at radius 2 is 2.00 bits per heavy atom. The lowest BCUT2D eigenvalue weighted by atomic mass is 10.4. The van der Waals surface area contributed by atoms with Crippen LogP contribution >= 0.6 is 0 Å². The smallest absolute Gasteiger partial charge is 0.216 e. The molecular formula is C13H25N5O3S. The van der Waals surface area contributed by atoms with Crippen LogP contribution in [-0.4, -0.2) is 45.3 Å². The molecule has 0 saturated heterocycles. The van der Waals surface area contributed by atoms with Gasteiger partial charge in [0.1, 0.15) is 12.3 Å². The standard InChI is InChI=1S/C13H25N5O3S/c1-5-14-13(15-7-6-8-17-22(4,19)20)16-9-12-18-10(2)11(3)21-12/h17H,5-9H2,1-4H3,(H2,14,15,16). The highest BCUT2D eigenvalue weighted by molar-refractivity contribution is 7.88. The maximum Gasteiger partial charge on any atom is 0.216 e. The van der Waals surface area contributed by atoms with Crippen LogP contribution in [0.1, 0.15) is 30.7 Å². The van der Waals surface area contributed by atoms with Gasteiger partial charge in [0, 0.05) is 19.6 Å². The number of nitrogens with one attached hydrogen (secondary N) is 3. The van der Waals surface area contributed by atoms with E-state index in [4.69, 9.17) is 4.42 Å². The first-order valence-corrected chi connectivity index (χ1v) is 9.10. The molecule has 126 valence electrons. The Kier molecular flexibility index (Phi) is 7.33. The molecule has 22 heavy (non-hydrogen) atoms.